The van der Waals surface area contributed by atoms with Gasteiger partial charge < -0.3 is 0 Å². The average molecular weight is 258 g/mol. The van der Waals surface area contributed by atoms with Crippen LogP contribution < -0.4 is 0 Å². The Hall–Kier alpha value is -2.41. The second-order valence-electron chi connectivity index (χ2n) is 5.56. The van der Waals surface area contributed by atoms with Crippen LogP contribution in [0, 0.1) is 13.8 Å². The first-order valence-electron chi connectivity index (χ1n) is 6.84. The summed E-state index contributed by atoms with van der Waals surface area (Å²) in [7, 11) is 0. The molecular formula is C19H14O. The fourth-order valence-corrected chi connectivity index (χ4v) is 3.02. The van der Waals surface area contributed by atoms with E-state index in [-0.39, 0.29) is 5.78 Å². The molecule has 0 saturated heterocycles. The first-order valence-corrected chi connectivity index (χ1v) is 6.84. The van der Waals surface area contributed by atoms with Crippen molar-refractivity contribution in [3.63, 3.8) is 0 Å². The van der Waals surface area contributed by atoms with Crippen molar-refractivity contribution in [3.05, 3.63) is 70.8 Å². The fraction of sp³-hybridized carbons (Fsp3) is 0.105. The van der Waals surface area contributed by atoms with Crippen LogP contribution in [0.15, 0.2) is 48.5 Å². The summed E-state index contributed by atoms with van der Waals surface area (Å²) in [6.45, 7) is 4.15. The summed E-state index contributed by atoms with van der Waals surface area (Å²) in [5.74, 6) is 0.156. The van der Waals surface area contributed by atoms with Gasteiger partial charge in [-0.3, -0.25) is 4.79 Å². The third-order valence-corrected chi connectivity index (χ3v) is 4.30. The van der Waals surface area contributed by atoms with Gasteiger partial charge in [0.05, 0.1) is 0 Å². The Bertz CT molecular complexity index is 888. The minimum absolute atomic E-state index is 0.156. The van der Waals surface area contributed by atoms with Crippen LogP contribution in [-0.4, -0.2) is 5.78 Å². The number of rotatable bonds is 0. The van der Waals surface area contributed by atoms with Crippen molar-refractivity contribution in [3.8, 4) is 11.1 Å². The summed E-state index contributed by atoms with van der Waals surface area (Å²) in [6, 6.07) is 16.5. The molecule has 0 saturated carbocycles. The fourth-order valence-electron chi connectivity index (χ4n) is 3.02. The topological polar surface area (TPSA) is 17.1 Å². The van der Waals surface area contributed by atoms with E-state index in [1.807, 2.05) is 24.3 Å². The molecule has 0 heterocycles. The smallest absolute Gasteiger partial charge is 0.194 e. The summed E-state index contributed by atoms with van der Waals surface area (Å²) >= 11 is 0. The maximum Gasteiger partial charge on any atom is 0.194 e. The van der Waals surface area contributed by atoms with E-state index in [9.17, 15) is 4.79 Å². The lowest BCUT2D eigenvalue weighted by molar-refractivity contribution is 0.104. The van der Waals surface area contributed by atoms with Crippen LogP contribution in [0.2, 0.25) is 0 Å². The minimum atomic E-state index is 0.156. The molecule has 3 aromatic rings. The Morgan fingerprint density at radius 2 is 1.10 bits per heavy atom. The number of fused-ring (bicyclic) bond motifs is 4. The summed E-state index contributed by atoms with van der Waals surface area (Å²) in [6.07, 6.45) is 0. The third-order valence-electron chi connectivity index (χ3n) is 4.30. The van der Waals surface area contributed by atoms with E-state index in [2.05, 4.69) is 38.1 Å². The zero-order valence-electron chi connectivity index (χ0n) is 11.5. The van der Waals surface area contributed by atoms with Gasteiger partial charge in [0.1, 0.15) is 0 Å². The van der Waals surface area contributed by atoms with Crippen molar-refractivity contribution in [2.45, 2.75) is 13.8 Å². The van der Waals surface area contributed by atoms with Crippen molar-refractivity contribution >= 4 is 16.6 Å². The highest BCUT2D eigenvalue weighted by Crippen LogP contribution is 2.40. The molecule has 0 spiro atoms. The van der Waals surface area contributed by atoms with Gasteiger partial charge in [-0.25, -0.2) is 0 Å². The van der Waals surface area contributed by atoms with E-state index < -0.39 is 0 Å². The molecule has 0 aromatic heterocycles. The molecule has 1 aliphatic rings. The molecule has 96 valence electrons. The van der Waals surface area contributed by atoms with Crippen LogP contribution in [0.3, 0.4) is 0 Å². The molecular weight excluding hydrogens is 244 g/mol. The third kappa shape index (κ3) is 1.41. The predicted octanol–water partition coefficient (Wildman–Crippen LogP) is 4.67. The quantitative estimate of drug-likeness (QED) is 0.448. The van der Waals surface area contributed by atoms with Gasteiger partial charge in [-0.2, -0.15) is 0 Å². The molecule has 1 aliphatic carbocycles. The number of ketones is 1. The molecule has 1 heteroatoms. The largest absolute Gasteiger partial charge is 0.289 e. The van der Waals surface area contributed by atoms with Crippen molar-refractivity contribution in [2.75, 3.05) is 0 Å². The Balaban J connectivity index is 2.10. The predicted molar refractivity (Wildman–Crippen MR) is 82.3 cm³/mol. The Labute approximate surface area is 117 Å². The summed E-state index contributed by atoms with van der Waals surface area (Å²) in [5.41, 5.74) is 6.25. The van der Waals surface area contributed by atoms with Crippen LogP contribution in [0.5, 0.6) is 0 Å². The number of hydrogen-bond donors (Lipinski definition) is 0. The molecule has 0 aliphatic heterocycles. The molecule has 0 amide bonds. The zero-order valence-corrected chi connectivity index (χ0v) is 11.5. The standard InChI is InChI=1S/C19H14O/c1-11-7-15-16-9-13-5-3-4-6-14(13)10-18(16)19(20)17(15)8-12(11)2/h3-10H,1-2H3. The molecule has 0 N–H and O–H groups in total. The van der Waals surface area contributed by atoms with Gasteiger partial charge in [0, 0.05) is 11.1 Å². The molecule has 4 rings (SSSR count). The number of benzene rings is 3. The van der Waals surface area contributed by atoms with Crippen LogP contribution in [0.25, 0.3) is 21.9 Å². The summed E-state index contributed by atoms with van der Waals surface area (Å²) in [5, 5.41) is 2.31. The molecule has 1 nitrogen and oxygen atoms in total. The van der Waals surface area contributed by atoms with E-state index in [4.69, 9.17) is 0 Å². The molecule has 0 radical (unpaired) electrons. The number of carbonyl (C=O) groups is 1. The van der Waals surface area contributed by atoms with E-state index >= 15 is 0 Å². The van der Waals surface area contributed by atoms with E-state index in [0.717, 1.165) is 27.6 Å². The first kappa shape index (κ1) is 11.4. The van der Waals surface area contributed by atoms with Gasteiger partial charge in [-0.05, 0) is 65.1 Å². The normalized spacial score (nSPS) is 12.6. The van der Waals surface area contributed by atoms with Crippen molar-refractivity contribution in [1.29, 1.82) is 0 Å². The lowest BCUT2D eigenvalue weighted by Crippen LogP contribution is -1.96. The molecule has 0 fully saturated rings. The summed E-state index contributed by atoms with van der Waals surface area (Å²) in [4.78, 5) is 12.6. The second kappa shape index (κ2) is 3.80. The highest BCUT2D eigenvalue weighted by Gasteiger charge is 2.27. The lowest BCUT2D eigenvalue weighted by atomic mass is 9.98. The molecule has 0 unspecified atom stereocenters. The first-order chi connectivity index (χ1) is 9.65. The highest BCUT2D eigenvalue weighted by molar-refractivity contribution is 6.23. The number of carbonyl (C=O) groups excluding carboxylic acids is 1. The maximum atomic E-state index is 12.6. The monoisotopic (exact) mass is 258 g/mol. The maximum absolute atomic E-state index is 12.6. The van der Waals surface area contributed by atoms with Crippen LogP contribution in [0.4, 0.5) is 0 Å². The van der Waals surface area contributed by atoms with Gasteiger partial charge in [0.2, 0.25) is 0 Å². The van der Waals surface area contributed by atoms with E-state index in [1.54, 1.807) is 0 Å². The van der Waals surface area contributed by atoms with Gasteiger partial charge >= 0.3 is 0 Å². The Morgan fingerprint density at radius 1 is 0.650 bits per heavy atom. The molecule has 0 atom stereocenters. The van der Waals surface area contributed by atoms with Crippen molar-refractivity contribution in [2.24, 2.45) is 0 Å². The van der Waals surface area contributed by atoms with Gasteiger partial charge in [-0.1, -0.05) is 30.3 Å². The lowest BCUT2D eigenvalue weighted by Gasteiger charge is -2.05. The zero-order chi connectivity index (χ0) is 13.9. The van der Waals surface area contributed by atoms with Crippen molar-refractivity contribution < 1.29 is 4.79 Å². The van der Waals surface area contributed by atoms with Gasteiger partial charge in [0.25, 0.3) is 0 Å². The van der Waals surface area contributed by atoms with Crippen LogP contribution in [0.1, 0.15) is 27.0 Å². The van der Waals surface area contributed by atoms with Crippen molar-refractivity contribution in [1.82, 2.24) is 0 Å². The summed E-state index contributed by atoms with van der Waals surface area (Å²) < 4.78 is 0. The minimum Gasteiger partial charge on any atom is -0.289 e. The van der Waals surface area contributed by atoms with E-state index in [1.165, 1.54) is 16.5 Å². The second-order valence-corrected chi connectivity index (χ2v) is 5.56. The Morgan fingerprint density at radius 3 is 1.75 bits per heavy atom. The van der Waals surface area contributed by atoms with Gasteiger partial charge in [0.15, 0.2) is 5.78 Å². The Kier molecular flexibility index (Phi) is 2.17. The molecule has 0 bridgehead atoms. The van der Waals surface area contributed by atoms with Gasteiger partial charge in [-0.15, -0.1) is 0 Å². The SMILES string of the molecule is Cc1cc2c(cc1C)-c1cc3ccccc3cc1C2=O. The molecule has 3 aromatic carbocycles. The average Bonchev–Trinajstić information content (AvgIpc) is 2.71. The number of aryl methyl sites for hydroxylation is 2. The van der Waals surface area contributed by atoms with Crippen LogP contribution >= 0.6 is 0 Å². The highest BCUT2D eigenvalue weighted by atomic mass is 16.1. The van der Waals surface area contributed by atoms with E-state index in [0.29, 0.717) is 0 Å². The van der Waals surface area contributed by atoms with Crippen LogP contribution in [-0.2, 0) is 0 Å². The molecule has 20 heavy (non-hydrogen) atoms. The number of hydrogen-bond acceptors (Lipinski definition) is 1.